The van der Waals surface area contributed by atoms with E-state index in [2.05, 4.69) is 0 Å². The van der Waals surface area contributed by atoms with Gasteiger partial charge in [-0.2, -0.15) is 0 Å². The van der Waals surface area contributed by atoms with Crippen LogP contribution in [0.2, 0.25) is 0 Å². The number of methoxy groups -OCH3 is 1. The van der Waals surface area contributed by atoms with E-state index in [0.29, 0.717) is 28.1 Å². The molecular formula is C34H24N2O6. The molecule has 1 aliphatic carbocycles. The highest BCUT2D eigenvalue weighted by Crippen LogP contribution is 2.61. The summed E-state index contributed by atoms with van der Waals surface area (Å²) in [5.74, 6) is -1.53. The number of ketones is 3. The summed E-state index contributed by atoms with van der Waals surface area (Å²) in [6.45, 7) is 0. The number of carbonyl (C=O) groups excluding carboxylic acids is 3. The van der Waals surface area contributed by atoms with Gasteiger partial charge in [0.2, 0.25) is 0 Å². The van der Waals surface area contributed by atoms with Crippen molar-refractivity contribution in [2.75, 3.05) is 12.0 Å². The van der Waals surface area contributed by atoms with Gasteiger partial charge in [0.05, 0.1) is 18.1 Å². The number of hydrogen-bond donors (Lipinski definition) is 0. The summed E-state index contributed by atoms with van der Waals surface area (Å²) in [6.07, 6.45) is 3.74. The van der Waals surface area contributed by atoms with Gasteiger partial charge in [0.15, 0.2) is 17.3 Å². The minimum atomic E-state index is -1.67. The molecule has 206 valence electrons. The molecule has 4 aromatic carbocycles. The molecule has 3 aliphatic rings. The Bertz CT molecular complexity index is 1830. The van der Waals surface area contributed by atoms with Crippen LogP contribution in [0.4, 0.5) is 11.4 Å². The molecule has 0 bridgehead atoms. The predicted octanol–water partition coefficient (Wildman–Crippen LogP) is 5.92. The highest BCUT2D eigenvalue weighted by molar-refractivity contribution is 6.32. The van der Waals surface area contributed by atoms with Gasteiger partial charge in [-0.25, -0.2) is 0 Å². The molecule has 1 spiro atoms. The van der Waals surface area contributed by atoms with Crippen LogP contribution in [0.25, 0.3) is 6.08 Å². The SMILES string of the molecule is COc1cccc([C@H]2[C@H](C(=O)c3cccc([N+](=O)[O-])c3)N3c4ccccc4C=C[C@@H]3C23C(=O)c2ccccc2C3=O)c1. The largest absolute Gasteiger partial charge is 0.497 e. The Kier molecular flexibility index (Phi) is 5.69. The van der Waals surface area contributed by atoms with E-state index in [1.54, 1.807) is 48.5 Å². The van der Waals surface area contributed by atoms with Gasteiger partial charge in [0.1, 0.15) is 17.2 Å². The highest BCUT2D eigenvalue weighted by atomic mass is 16.6. The van der Waals surface area contributed by atoms with Gasteiger partial charge in [0.25, 0.3) is 5.69 Å². The van der Waals surface area contributed by atoms with Crippen molar-refractivity contribution in [1.82, 2.24) is 0 Å². The van der Waals surface area contributed by atoms with Crippen LogP contribution < -0.4 is 9.64 Å². The average molecular weight is 557 g/mol. The first kappa shape index (κ1) is 25.6. The zero-order valence-electron chi connectivity index (χ0n) is 22.5. The van der Waals surface area contributed by atoms with Crippen LogP contribution in [-0.2, 0) is 0 Å². The van der Waals surface area contributed by atoms with E-state index in [1.807, 2.05) is 41.3 Å². The van der Waals surface area contributed by atoms with Crippen LogP contribution in [-0.4, -0.2) is 41.5 Å². The average Bonchev–Trinajstić information content (AvgIpc) is 3.47. The molecule has 2 aliphatic heterocycles. The van der Waals surface area contributed by atoms with Crippen molar-refractivity contribution in [3.8, 4) is 5.75 Å². The predicted molar refractivity (Wildman–Crippen MR) is 156 cm³/mol. The van der Waals surface area contributed by atoms with Gasteiger partial charge >= 0.3 is 0 Å². The van der Waals surface area contributed by atoms with Crippen LogP contribution in [0.5, 0.6) is 5.75 Å². The fourth-order valence-electron chi connectivity index (χ4n) is 7.07. The molecule has 1 saturated heterocycles. The van der Waals surface area contributed by atoms with Crippen LogP contribution >= 0.6 is 0 Å². The Morgan fingerprint density at radius 1 is 0.881 bits per heavy atom. The lowest BCUT2D eigenvalue weighted by molar-refractivity contribution is -0.384. The first-order chi connectivity index (χ1) is 20.4. The summed E-state index contributed by atoms with van der Waals surface area (Å²) < 4.78 is 5.52. The number of hydrogen-bond acceptors (Lipinski definition) is 7. The fourth-order valence-corrected chi connectivity index (χ4v) is 7.07. The van der Waals surface area contributed by atoms with E-state index in [1.165, 1.54) is 31.4 Å². The molecule has 0 radical (unpaired) electrons. The van der Waals surface area contributed by atoms with Gasteiger partial charge in [-0.15, -0.1) is 0 Å². The monoisotopic (exact) mass is 556 g/mol. The third kappa shape index (κ3) is 3.38. The lowest BCUT2D eigenvalue weighted by Gasteiger charge is -2.37. The van der Waals surface area contributed by atoms with Crippen LogP contribution in [0.1, 0.15) is 48.1 Å². The maximum absolute atomic E-state index is 14.7. The van der Waals surface area contributed by atoms with Crippen LogP contribution in [0, 0.1) is 15.5 Å². The number of rotatable bonds is 5. The number of nitro groups is 1. The number of anilines is 1. The van der Waals surface area contributed by atoms with Gasteiger partial charge < -0.3 is 9.64 Å². The van der Waals surface area contributed by atoms with Gasteiger partial charge in [-0.3, -0.25) is 24.5 Å². The number of ether oxygens (including phenoxy) is 1. The maximum Gasteiger partial charge on any atom is 0.270 e. The van der Waals surface area contributed by atoms with E-state index in [-0.39, 0.29) is 22.8 Å². The van der Waals surface area contributed by atoms with E-state index < -0.39 is 34.1 Å². The van der Waals surface area contributed by atoms with Gasteiger partial charge in [-0.1, -0.05) is 78.9 Å². The van der Waals surface area contributed by atoms with E-state index in [4.69, 9.17) is 4.74 Å². The number of Topliss-reactive ketones (excluding diaryl/α,β-unsaturated/α-hetero) is 3. The first-order valence-electron chi connectivity index (χ1n) is 13.5. The molecule has 0 amide bonds. The lowest BCUT2D eigenvalue weighted by atomic mass is 9.64. The van der Waals surface area contributed by atoms with Gasteiger partial charge in [0, 0.05) is 40.4 Å². The summed E-state index contributed by atoms with van der Waals surface area (Å²) in [5.41, 5.74) is 1.02. The second kappa shape index (κ2) is 9.34. The number of non-ortho nitro benzene ring substituents is 1. The van der Waals surface area contributed by atoms with Crippen LogP contribution in [0.3, 0.4) is 0 Å². The van der Waals surface area contributed by atoms with Crippen molar-refractivity contribution in [2.24, 2.45) is 5.41 Å². The molecule has 8 heteroatoms. The molecule has 0 N–H and O–H groups in total. The zero-order valence-corrected chi connectivity index (χ0v) is 22.5. The molecule has 0 unspecified atom stereocenters. The maximum atomic E-state index is 14.7. The minimum absolute atomic E-state index is 0.125. The summed E-state index contributed by atoms with van der Waals surface area (Å²) in [6, 6.07) is 25.2. The van der Waals surface area contributed by atoms with Crippen molar-refractivity contribution in [2.45, 2.75) is 18.0 Å². The van der Waals surface area contributed by atoms with Gasteiger partial charge in [-0.05, 0) is 29.3 Å². The van der Waals surface area contributed by atoms with Crippen molar-refractivity contribution < 1.29 is 24.0 Å². The minimum Gasteiger partial charge on any atom is -0.497 e. The number of fused-ring (bicyclic) bond motifs is 5. The van der Waals surface area contributed by atoms with E-state index >= 15 is 0 Å². The van der Waals surface area contributed by atoms with Crippen molar-refractivity contribution in [1.29, 1.82) is 0 Å². The molecule has 1 fully saturated rings. The van der Waals surface area contributed by atoms with E-state index in [9.17, 15) is 24.5 Å². The van der Waals surface area contributed by atoms with Crippen molar-refractivity contribution in [3.63, 3.8) is 0 Å². The highest BCUT2D eigenvalue weighted by Gasteiger charge is 2.71. The third-order valence-corrected chi connectivity index (χ3v) is 8.78. The molecule has 7 rings (SSSR count). The van der Waals surface area contributed by atoms with E-state index in [0.717, 1.165) is 5.56 Å². The molecule has 2 heterocycles. The summed E-state index contributed by atoms with van der Waals surface area (Å²) in [4.78, 5) is 57.0. The molecule has 4 aromatic rings. The lowest BCUT2D eigenvalue weighted by Crippen LogP contribution is -2.48. The first-order valence-corrected chi connectivity index (χ1v) is 13.5. The quantitative estimate of drug-likeness (QED) is 0.130. The number of benzene rings is 4. The number of nitro benzene ring substituents is 1. The third-order valence-electron chi connectivity index (χ3n) is 8.78. The molecule has 0 aromatic heterocycles. The standard InChI is InChI=1S/C34H24N2O6/c1-42-24-12-7-9-21(19-24)29-30(31(37)22-10-6-11-23(18-22)36(40)41)35-27-15-5-2-8-20(27)16-17-28(35)34(29)32(38)25-13-3-4-14-26(25)33(34)39/h2-19,28-30H,1H3/t28-,29+,30-/m1/s1. The normalized spacial score (nSPS) is 21.2. The molecular weight excluding hydrogens is 532 g/mol. The smallest absolute Gasteiger partial charge is 0.270 e. The molecule has 8 nitrogen and oxygen atoms in total. The molecule has 42 heavy (non-hydrogen) atoms. The van der Waals surface area contributed by atoms with Crippen molar-refractivity contribution >= 4 is 34.8 Å². The summed E-state index contributed by atoms with van der Waals surface area (Å²) in [7, 11) is 1.53. The Balaban J connectivity index is 1.54. The fraction of sp³-hybridized carbons (Fsp3) is 0.147. The second-order valence-electron chi connectivity index (χ2n) is 10.7. The Labute approximate surface area is 241 Å². The number of nitrogens with zero attached hydrogens (tertiary/aromatic N) is 2. The van der Waals surface area contributed by atoms with Crippen LogP contribution in [0.15, 0.2) is 103 Å². The Morgan fingerprint density at radius 3 is 2.29 bits per heavy atom. The van der Waals surface area contributed by atoms with Crippen molar-refractivity contribution in [3.05, 3.63) is 141 Å². The second-order valence-corrected chi connectivity index (χ2v) is 10.7. The Morgan fingerprint density at radius 2 is 1.57 bits per heavy atom. The number of carbonyl (C=O) groups is 3. The molecule has 3 atom stereocenters. The summed E-state index contributed by atoms with van der Waals surface area (Å²) >= 11 is 0. The topological polar surface area (TPSA) is 107 Å². The zero-order chi connectivity index (χ0) is 29.2. The Hall–Kier alpha value is -5.37. The number of para-hydroxylation sites is 1. The summed E-state index contributed by atoms with van der Waals surface area (Å²) in [5, 5.41) is 11.6. The molecule has 0 saturated carbocycles.